The Balaban J connectivity index is 1.72. The van der Waals surface area contributed by atoms with Crippen molar-refractivity contribution < 1.29 is 27.5 Å². The van der Waals surface area contributed by atoms with Crippen LogP contribution >= 0.6 is 0 Å². The van der Waals surface area contributed by atoms with Crippen molar-refractivity contribution in [1.82, 2.24) is 9.62 Å². The van der Waals surface area contributed by atoms with Crippen LogP contribution in [0.2, 0.25) is 0 Å². The number of sulfonamides is 1. The highest BCUT2D eigenvalue weighted by Gasteiger charge is 2.44. The Labute approximate surface area is 168 Å². The molecule has 0 saturated carbocycles. The summed E-state index contributed by atoms with van der Waals surface area (Å²) in [7, 11) is -2.57. The van der Waals surface area contributed by atoms with E-state index in [1.165, 1.54) is 6.92 Å². The van der Waals surface area contributed by atoms with Crippen molar-refractivity contribution in [1.29, 1.82) is 0 Å². The monoisotopic (exact) mass is 422 g/mol. The van der Waals surface area contributed by atoms with E-state index in [4.69, 9.17) is 4.74 Å². The minimum atomic E-state index is -4.11. The lowest BCUT2D eigenvalue weighted by molar-refractivity contribution is -0.121. The van der Waals surface area contributed by atoms with Gasteiger partial charge in [0.05, 0.1) is 13.0 Å². The van der Waals surface area contributed by atoms with Gasteiger partial charge in [-0.15, -0.1) is 0 Å². The molecule has 2 N–H and O–H groups in total. The highest BCUT2D eigenvalue weighted by Crippen LogP contribution is 2.25. The zero-order valence-electron chi connectivity index (χ0n) is 16.0. The second kappa shape index (κ2) is 8.29. The van der Waals surface area contributed by atoms with Gasteiger partial charge >= 0.3 is 6.03 Å². The van der Waals surface area contributed by atoms with Crippen LogP contribution in [0.4, 0.5) is 10.5 Å². The van der Waals surface area contributed by atoms with Crippen LogP contribution in [0, 0.1) is 5.92 Å². The number of anilines is 1. The molecule has 0 spiro atoms. The molecule has 1 saturated heterocycles. The standard InChI is InChI=1S/C18H22N4O6S/c1-11-15(17(24)21-18(25)19-11)29(26,27)22-9-3-4-12(10-22)16(23)20-13-5-7-14(28-2)8-6-13/h5-8,12,15H,3-4,9-10H2,1-2H3,(H,20,23)(H,21,24,25). The Kier molecular flexibility index (Phi) is 5.99. The van der Waals surface area contributed by atoms with Gasteiger partial charge in [-0.1, -0.05) is 0 Å². The summed E-state index contributed by atoms with van der Waals surface area (Å²) < 4.78 is 32.2. The molecule has 1 aromatic carbocycles. The molecule has 2 unspecified atom stereocenters. The molecule has 11 heteroatoms. The summed E-state index contributed by atoms with van der Waals surface area (Å²) in [6.45, 7) is 1.48. The van der Waals surface area contributed by atoms with Crippen LogP contribution in [0.25, 0.3) is 0 Å². The van der Waals surface area contributed by atoms with Gasteiger partial charge in [-0.2, -0.15) is 0 Å². The topological polar surface area (TPSA) is 134 Å². The van der Waals surface area contributed by atoms with E-state index in [-0.39, 0.29) is 24.7 Å². The van der Waals surface area contributed by atoms with E-state index in [1.54, 1.807) is 31.4 Å². The summed E-state index contributed by atoms with van der Waals surface area (Å²) in [4.78, 5) is 39.6. The van der Waals surface area contributed by atoms with Crippen LogP contribution in [-0.4, -0.2) is 61.7 Å². The number of hydrogen-bond donors (Lipinski definition) is 2. The normalized spacial score (nSPS) is 23.2. The molecule has 156 valence electrons. The van der Waals surface area contributed by atoms with Crippen LogP contribution in [0.3, 0.4) is 0 Å². The number of methoxy groups -OCH3 is 1. The van der Waals surface area contributed by atoms with Gasteiger partial charge in [0.2, 0.25) is 15.9 Å². The molecule has 10 nitrogen and oxygen atoms in total. The van der Waals surface area contributed by atoms with E-state index < -0.39 is 33.1 Å². The number of hydrogen-bond acceptors (Lipinski definition) is 6. The number of piperidine rings is 1. The Morgan fingerprint density at radius 1 is 1.28 bits per heavy atom. The van der Waals surface area contributed by atoms with Gasteiger partial charge in [-0.05, 0) is 44.0 Å². The fourth-order valence-corrected chi connectivity index (χ4v) is 5.30. The smallest absolute Gasteiger partial charge is 0.347 e. The number of aliphatic imine (C=N–C) groups is 1. The first-order chi connectivity index (χ1) is 13.7. The molecular formula is C18H22N4O6S. The Bertz CT molecular complexity index is 957. The lowest BCUT2D eigenvalue weighted by Gasteiger charge is -2.34. The number of benzene rings is 1. The molecule has 1 aromatic rings. The first-order valence-corrected chi connectivity index (χ1v) is 10.6. The molecule has 2 aliphatic heterocycles. The maximum atomic E-state index is 13.0. The Morgan fingerprint density at radius 3 is 2.59 bits per heavy atom. The van der Waals surface area contributed by atoms with Crippen LogP contribution < -0.4 is 15.4 Å². The largest absolute Gasteiger partial charge is 0.497 e. The minimum Gasteiger partial charge on any atom is -0.497 e. The fourth-order valence-electron chi connectivity index (χ4n) is 3.41. The van der Waals surface area contributed by atoms with E-state index in [2.05, 4.69) is 10.3 Å². The average Bonchev–Trinajstić information content (AvgIpc) is 2.67. The molecule has 2 aliphatic rings. The van der Waals surface area contributed by atoms with Crippen molar-refractivity contribution in [3.8, 4) is 5.75 Å². The van der Waals surface area contributed by atoms with E-state index in [0.29, 0.717) is 24.3 Å². The van der Waals surface area contributed by atoms with E-state index in [1.807, 2.05) is 5.32 Å². The maximum absolute atomic E-state index is 13.0. The van der Waals surface area contributed by atoms with Crippen LogP contribution in [-0.2, 0) is 19.6 Å². The average molecular weight is 422 g/mol. The van der Waals surface area contributed by atoms with Gasteiger partial charge in [-0.3, -0.25) is 14.9 Å². The van der Waals surface area contributed by atoms with Crippen molar-refractivity contribution in [2.45, 2.75) is 25.0 Å². The zero-order chi connectivity index (χ0) is 21.2. The lowest BCUT2D eigenvalue weighted by atomic mass is 9.98. The van der Waals surface area contributed by atoms with Crippen LogP contribution in [0.15, 0.2) is 29.3 Å². The first-order valence-electron chi connectivity index (χ1n) is 9.06. The molecule has 4 amide bonds. The quantitative estimate of drug-likeness (QED) is 0.719. The highest BCUT2D eigenvalue weighted by atomic mass is 32.2. The number of imide groups is 1. The van der Waals surface area contributed by atoms with E-state index in [9.17, 15) is 22.8 Å². The number of carbonyl (C=O) groups excluding carboxylic acids is 3. The maximum Gasteiger partial charge on any atom is 0.347 e. The predicted molar refractivity (Wildman–Crippen MR) is 105 cm³/mol. The number of carbonyl (C=O) groups is 3. The van der Waals surface area contributed by atoms with Crippen molar-refractivity contribution in [3.63, 3.8) is 0 Å². The number of rotatable bonds is 5. The zero-order valence-corrected chi connectivity index (χ0v) is 16.9. The minimum absolute atomic E-state index is 0.0463. The highest BCUT2D eigenvalue weighted by molar-refractivity contribution is 7.91. The third kappa shape index (κ3) is 4.46. The molecule has 2 heterocycles. The first kappa shape index (κ1) is 20.9. The molecule has 2 atom stereocenters. The van der Waals surface area contributed by atoms with Crippen LogP contribution in [0.5, 0.6) is 5.75 Å². The lowest BCUT2D eigenvalue weighted by Crippen LogP contribution is -2.56. The SMILES string of the molecule is COc1ccc(NC(=O)C2CCCN(S(=O)(=O)C3C(=O)NC(=O)N=C3C)C2)cc1. The van der Waals surface area contributed by atoms with Crippen molar-refractivity contribution in [2.75, 3.05) is 25.5 Å². The van der Waals surface area contributed by atoms with E-state index >= 15 is 0 Å². The Hall–Kier alpha value is -2.79. The van der Waals surface area contributed by atoms with Gasteiger partial charge in [0.15, 0.2) is 5.25 Å². The summed E-state index contributed by atoms with van der Waals surface area (Å²) in [6, 6.07) is 5.92. The molecular weight excluding hydrogens is 400 g/mol. The number of ether oxygens (including phenoxy) is 1. The summed E-state index contributed by atoms with van der Waals surface area (Å²) in [5, 5.41) is 3.13. The fraction of sp³-hybridized carbons (Fsp3) is 0.444. The van der Waals surface area contributed by atoms with Crippen molar-refractivity contribution in [3.05, 3.63) is 24.3 Å². The molecule has 0 aromatic heterocycles. The molecule has 3 rings (SSSR count). The number of nitrogens with one attached hydrogen (secondary N) is 2. The number of nitrogens with zero attached hydrogens (tertiary/aromatic N) is 2. The molecule has 0 bridgehead atoms. The summed E-state index contributed by atoms with van der Waals surface area (Å²) in [5.41, 5.74) is 0.493. The third-order valence-electron chi connectivity index (χ3n) is 4.90. The van der Waals surface area contributed by atoms with Gasteiger partial charge in [0.25, 0.3) is 5.91 Å². The van der Waals surface area contributed by atoms with Gasteiger partial charge in [0.1, 0.15) is 5.75 Å². The van der Waals surface area contributed by atoms with Crippen molar-refractivity contribution >= 4 is 39.3 Å². The van der Waals surface area contributed by atoms with Gasteiger partial charge in [0, 0.05) is 24.5 Å². The summed E-state index contributed by atoms with van der Waals surface area (Å²) in [5.74, 6) is -1.14. The van der Waals surface area contributed by atoms with Gasteiger partial charge < -0.3 is 10.1 Å². The summed E-state index contributed by atoms with van der Waals surface area (Å²) in [6.07, 6.45) is 1.000. The molecule has 1 fully saturated rings. The van der Waals surface area contributed by atoms with Crippen LogP contribution in [0.1, 0.15) is 19.8 Å². The number of urea groups is 1. The predicted octanol–water partition coefficient (Wildman–Crippen LogP) is 0.755. The summed E-state index contributed by atoms with van der Waals surface area (Å²) >= 11 is 0. The number of amides is 4. The molecule has 0 aliphatic carbocycles. The molecule has 29 heavy (non-hydrogen) atoms. The van der Waals surface area contributed by atoms with Crippen molar-refractivity contribution in [2.24, 2.45) is 10.9 Å². The Morgan fingerprint density at radius 2 is 1.97 bits per heavy atom. The third-order valence-corrected chi connectivity index (χ3v) is 7.10. The second-order valence-electron chi connectivity index (χ2n) is 6.89. The second-order valence-corrected chi connectivity index (χ2v) is 8.91. The van der Waals surface area contributed by atoms with E-state index in [0.717, 1.165) is 4.31 Å². The van der Waals surface area contributed by atoms with Gasteiger partial charge in [-0.25, -0.2) is 22.5 Å². The molecule has 0 radical (unpaired) electrons.